The largest absolute Gasteiger partial charge is 0.206 e. The molecule has 0 aliphatic carbocycles. The van der Waals surface area contributed by atoms with Gasteiger partial charge in [-0.1, -0.05) is 29.6 Å². The van der Waals surface area contributed by atoms with Crippen LogP contribution in [0, 0.1) is 0 Å². The van der Waals surface area contributed by atoms with Gasteiger partial charge in [0.05, 0.1) is 5.52 Å². The number of rotatable bonds is 0. The molecule has 0 fully saturated rings. The number of nitrogens with zero attached hydrogens (tertiary/aromatic N) is 3. The average molecular weight is 177 g/mol. The highest BCUT2D eigenvalue weighted by Crippen LogP contribution is 2.09. The second kappa shape index (κ2) is 2.64. The molecule has 0 radical (unpaired) electrons. The van der Waals surface area contributed by atoms with Gasteiger partial charge in [-0.3, -0.25) is 0 Å². The Morgan fingerprint density at radius 2 is 2.17 bits per heavy atom. The number of para-hydroxylation sites is 1. The molecule has 2 rings (SSSR count). The fraction of sp³-hybridized carbons (Fsp3) is 0.125. The predicted molar refractivity (Wildman–Crippen MR) is 51.2 cm³/mol. The molecule has 0 aliphatic heterocycles. The van der Waals surface area contributed by atoms with E-state index in [1.165, 1.54) is 0 Å². The Kier molecular flexibility index (Phi) is 1.62. The average Bonchev–Trinajstić information content (AvgIpc) is 2.47. The number of thiocarbonyl (C=S) groups is 1. The Bertz CT molecular complexity index is 433. The monoisotopic (exact) mass is 177 g/mol. The fourth-order valence-corrected chi connectivity index (χ4v) is 1.24. The fourth-order valence-electron chi connectivity index (χ4n) is 1.10. The predicted octanol–water partition coefficient (Wildman–Crippen LogP) is 1.63. The maximum Gasteiger partial charge on any atom is 0.113 e. The Hall–Kier alpha value is -1.29. The third-order valence-electron chi connectivity index (χ3n) is 1.65. The van der Waals surface area contributed by atoms with Crippen LogP contribution in [0.3, 0.4) is 0 Å². The van der Waals surface area contributed by atoms with E-state index in [9.17, 15) is 0 Å². The van der Waals surface area contributed by atoms with Crippen LogP contribution >= 0.6 is 12.2 Å². The summed E-state index contributed by atoms with van der Waals surface area (Å²) in [5.74, 6) is 0. The Balaban J connectivity index is 2.79. The van der Waals surface area contributed by atoms with Crippen molar-refractivity contribution in [1.29, 1.82) is 0 Å². The van der Waals surface area contributed by atoms with Crippen molar-refractivity contribution in [3.05, 3.63) is 24.3 Å². The molecule has 1 aromatic heterocycles. The topological polar surface area (TPSA) is 30.7 Å². The first-order valence-electron chi connectivity index (χ1n) is 3.60. The van der Waals surface area contributed by atoms with Crippen LogP contribution < -0.4 is 0 Å². The first-order valence-corrected chi connectivity index (χ1v) is 4.01. The molecular weight excluding hydrogens is 170 g/mol. The van der Waals surface area contributed by atoms with Crippen molar-refractivity contribution in [2.24, 2.45) is 0 Å². The maximum atomic E-state index is 5.00. The highest BCUT2D eigenvalue weighted by molar-refractivity contribution is 7.80. The summed E-state index contributed by atoms with van der Waals surface area (Å²) in [5, 5.41) is 7.89. The van der Waals surface area contributed by atoms with E-state index >= 15 is 0 Å². The molecule has 0 spiro atoms. The third kappa shape index (κ3) is 1.00. The van der Waals surface area contributed by atoms with Gasteiger partial charge in [0.2, 0.25) is 0 Å². The second-order valence-electron chi connectivity index (χ2n) is 2.51. The third-order valence-corrected chi connectivity index (χ3v) is 1.82. The van der Waals surface area contributed by atoms with Crippen molar-refractivity contribution in [2.75, 3.05) is 0 Å². The van der Waals surface area contributed by atoms with Gasteiger partial charge in [0.1, 0.15) is 10.5 Å². The van der Waals surface area contributed by atoms with Crippen LogP contribution in [0.2, 0.25) is 0 Å². The van der Waals surface area contributed by atoms with Crippen molar-refractivity contribution >= 4 is 28.2 Å². The summed E-state index contributed by atoms with van der Waals surface area (Å²) in [4.78, 5) is 0.712. The minimum absolute atomic E-state index is 0.712. The van der Waals surface area contributed by atoms with Crippen LogP contribution in [0.4, 0.5) is 0 Å². The van der Waals surface area contributed by atoms with Crippen LogP contribution in [0.25, 0.3) is 11.0 Å². The molecule has 0 bridgehead atoms. The second-order valence-corrected chi connectivity index (χ2v) is 3.10. The van der Waals surface area contributed by atoms with Gasteiger partial charge in [0.25, 0.3) is 0 Å². The normalized spacial score (nSPS) is 10.4. The summed E-state index contributed by atoms with van der Waals surface area (Å²) in [5.41, 5.74) is 1.84. The number of benzene rings is 1. The summed E-state index contributed by atoms with van der Waals surface area (Å²) in [6.45, 7) is 1.83. The summed E-state index contributed by atoms with van der Waals surface area (Å²) < 4.78 is 1.66. The highest BCUT2D eigenvalue weighted by atomic mass is 32.1. The molecule has 12 heavy (non-hydrogen) atoms. The molecule has 0 atom stereocenters. The molecule has 0 amide bonds. The maximum absolute atomic E-state index is 5.00. The molecule has 0 N–H and O–H groups in total. The van der Waals surface area contributed by atoms with E-state index in [1.54, 1.807) is 4.68 Å². The van der Waals surface area contributed by atoms with E-state index < -0.39 is 0 Å². The summed E-state index contributed by atoms with van der Waals surface area (Å²) in [6, 6.07) is 7.74. The van der Waals surface area contributed by atoms with Crippen molar-refractivity contribution in [3.8, 4) is 0 Å². The first-order chi connectivity index (χ1) is 5.79. The zero-order valence-electron chi connectivity index (χ0n) is 6.56. The lowest BCUT2D eigenvalue weighted by Gasteiger charge is -1.95. The van der Waals surface area contributed by atoms with E-state index in [1.807, 2.05) is 31.2 Å². The molecule has 60 valence electrons. The summed E-state index contributed by atoms with van der Waals surface area (Å²) in [6.07, 6.45) is 0. The Morgan fingerprint density at radius 1 is 1.42 bits per heavy atom. The first kappa shape index (κ1) is 7.36. The minimum Gasteiger partial charge on any atom is -0.206 e. The molecule has 0 saturated heterocycles. The van der Waals surface area contributed by atoms with Gasteiger partial charge in [-0.2, -0.15) is 0 Å². The van der Waals surface area contributed by atoms with E-state index in [-0.39, 0.29) is 0 Å². The van der Waals surface area contributed by atoms with Crippen LogP contribution in [0.15, 0.2) is 24.3 Å². The standard InChI is InChI=1S/C8H7N3S/c1-6(12)11-8-5-3-2-4-7(8)9-10-11/h2-5H,1H3. The van der Waals surface area contributed by atoms with Gasteiger partial charge >= 0.3 is 0 Å². The van der Waals surface area contributed by atoms with Gasteiger partial charge in [-0.25, -0.2) is 4.68 Å². The van der Waals surface area contributed by atoms with Crippen LogP contribution in [0.5, 0.6) is 0 Å². The van der Waals surface area contributed by atoms with Gasteiger partial charge in [0, 0.05) is 0 Å². The molecule has 1 aromatic carbocycles. The number of aromatic nitrogens is 3. The molecular formula is C8H7N3S. The zero-order valence-corrected chi connectivity index (χ0v) is 7.38. The van der Waals surface area contributed by atoms with Gasteiger partial charge in [-0.15, -0.1) is 5.10 Å². The van der Waals surface area contributed by atoms with E-state index in [2.05, 4.69) is 10.3 Å². The van der Waals surface area contributed by atoms with Crippen LogP contribution in [0.1, 0.15) is 6.92 Å². The Morgan fingerprint density at radius 3 is 2.92 bits per heavy atom. The van der Waals surface area contributed by atoms with Gasteiger partial charge in [0.15, 0.2) is 0 Å². The lowest BCUT2D eigenvalue weighted by Crippen LogP contribution is -2.05. The van der Waals surface area contributed by atoms with E-state index in [0.717, 1.165) is 11.0 Å². The quantitative estimate of drug-likeness (QED) is 0.573. The highest BCUT2D eigenvalue weighted by Gasteiger charge is 2.02. The van der Waals surface area contributed by atoms with Crippen molar-refractivity contribution in [3.63, 3.8) is 0 Å². The molecule has 0 saturated carbocycles. The molecule has 0 unspecified atom stereocenters. The summed E-state index contributed by atoms with van der Waals surface area (Å²) >= 11 is 5.00. The lowest BCUT2D eigenvalue weighted by molar-refractivity contribution is 0.869. The molecule has 4 heteroatoms. The lowest BCUT2D eigenvalue weighted by atomic mass is 10.3. The number of fused-ring (bicyclic) bond motifs is 1. The molecule has 0 aliphatic rings. The molecule has 1 heterocycles. The van der Waals surface area contributed by atoms with Crippen LogP contribution in [-0.2, 0) is 0 Å². The molecule has 2 aromatic rings. The Labute approximate surface area is 75.0 Å². The summed E-state index contributed by atoms with van der Waals surface area (Å²) in [7, 11) is 0. The minimum atomic E-state index is 0.712. The number of hydrogen-bond acceptors (Lipinski definition) is 3. The van der Waals surface area contributed by atoms with Crippen molar-refractivity contribution < 1.29 is 0 Å². The molecule has 3 nitrogen and oxygen atoms in total. The smallest absolute Gasteiger partial charge is 0.113 e. The van der Waals surface area contributed by atoms with Crippen molar-refractivity contribution in [2.45, 2.75) is 6.92 Å². The van der Waals surface area contributed by atoms with Gasteiger partial charge in [-0.05, 0) is 19.1 Å². The van der Waals surface area contributed by atoms with Crippen LogP contribution in [-0.4, -0.2) is 20.0 Å². The van der Waals surface area contributed by atoms with E-state index in [4.69, 9.17) is 12.2 Å². The van der Waals surface area contributed by atoms with E-state index in [0.29, 0.717) is 4.99 Å². The zero-order chi connectivity index (χ0) is 8.55. The SMILES string of the molecule is CC(=S)n1nnc2ccccc21. The van der Waals surface area contributed by atoms with Crippen molar-refractivity contribution in [1.82, 2.24) is 15.0 Å². The number of hydrogen-bond donors (Lipinski definition) is 0. The van der Waals surface area contributed by atoms with Gasteiger partial charge < -0.3 is 0 Å².